The number of hydrogen-bond donors (Lipinski definition) is 3. The molecule has 0 radical (unpaired) electrons. The van der Waals surface area contributed by atoms with Gasteiger partial charge in [0.05, 0.1) is 11.5 Å². The SMILES string of the molecule is CCOC(=O)C(CCCCNS(=O)(=O)c1ccc(C)cc1)NC(=S)NCc1ccc2c(c1)OCO2. The van der Waals surface area contributed by atoms with Crippen LogP contribution in [0.4, 0.5) is 0 Å². The molecule has 0 saturated heterocycles. The van der Waals surface area contributed by atoms with Crippen molar-refractivity contribution in [3.8, 4) is 11.5 Å². The molecule has 0 bridgehead atoms. The maximum absolute atomic E-state index is 12.4. The average molecular weight is 522 g/mol. The van der Waals surface area contributed by atoms with Crippen LogP contribution >= 0.6 is 12.2 Å². The summed E-state index contributed by atoms with van der Waals surface area (Å²) in [7, 11) is -3.56. The summed E-state index contributed by atoms with van der Waals surface area (Å²) >= 11 is 5.37. The Kier molecular flexibility index (Phi) is 9.70. The number of unbranched alkanes of at least 4 members (excludes halogenated alkanes) is 1. The predicted molar refractivity (Wildman–Crippen MR) is 136 cm³/mol. The van der Waals surface area contributed by atoms with E-state index in [4.69, 9.17) is 26.4 Å². The summed E-state index contributed by atoms with van der Waals surface area (Å²) in [6.45, 7) is 4.81. The molecule has 1 heterocycles. The van der Waals surface area contributed by atoms with Gasteiger partial charge < -0.3 is 24.8 Å². The smallest absolute Gasteiger partial charge is 0.328 e. The number of ether oxygens (including phenoxy) is 3. The van der Waals surface area contributed by atoms with Crippen molar-refractivity contribution in [3.05, 3.63) is 53.6 Å². The number of benzene rings is 2. The number of thiocarbonyl (C=S) groups is 1. The van der Waals surface area contributed by atoms with Crippen LogP contribution < -0.4 is 24.8 Å². The first-order valence-electron chi connectivity index (χ1n) is 11.4. The highest BCUT2D eigenvalue weighted by Gasteiger charge is 2.21. The van der Waals surface area contributed by atoms with Gasteiger partial charge in [-0.3, -0.25) is 0 Å². The molecule has 0 fully saturated rings. The minimum absolute atomic E-state index is 0.209. The van der Waals surface area contributed by atoms with Gasteiger partial charge >= 0.3 is 5.97 Å². The summed E-state index contributed by atoms with van der Waals surface area (Å²) in [5.41, 5.74) is 1.94. The Morgan fingerprint density at radius 1 is 1.11 bits per heavy atom. The maximum Gasteiger partial charge on any atom is 0.328 e. The van der Waals surface area contributed by atoms with Crippen LogP contribution in [0.2, 0.25) is 0 Å². The zero-order valence-corrected chi connectivity index (χ0v) is 21.5. The lowest BCUT2D eigenvalue weighted by Crippen LogP contribution is -2.46. The van der Waals surface area contributed by atoms with Crippen LogP contribution in [0.3, 0.4) is 0 Å². The standard InChI is InChI=1S/C24H31N3O6S2/c1-3-31-23(28)20(6-4-5-13-26-35(29,30)19-10-7-17(2)8-11-19)27-24(34)25-15-18-9-12-21-22(14-18)33-16-32-21/h7-12,14,20,26H,3-6,13,15-16H2,1-2H3,(H2,25,27,34). The Morgan fingerprint density at radius 3 is 2.60 bits per heavy atom. The van der Waals surface area contributed by atoms with Crippen LogP contribution in [0.1, 0.15) is 37.3 Å². The van der Waals surface area contributed by atoms with Crippen LogP contribution in [0.5, 0.6) is 11.5 Å². The Balaban J connectivity index is 1.44. The highest BCUT2D eigenvalue weighted by molar-refractivity contribution is 7.89. The van der Waals surface area contributed by atoms with E-state index in [2.05, 4.69) is 15.4 Å². The minimum atomic E-state index is -3.56. The second kappa shape index (κ2) is 12.7. The number of sulfonamides is 1. The van der Waals surface area contributed by atoms with E-state index >= 15 is 0 Å². The molecule has 11 heteroatoms. The lowest BCUT2D eigenvalue weighted by molar-refractivity contribution is -0.145. The van der Waals surface area contributed by atoms with Crippen molar-refractivity contribution in [2.45, 2.75) is 50.6 Å². The molecule has 1 unspecified atom stereocenters. The maximum atomic E-state index is 12.4. The molecule has 35 heavy (non-hydrogen) atoms. The number of esters is 1. The third kappa shape index (κ3) is 8.08. The Labute approximate surface area is 211 Å². The average Bonchev–Trinajstić information content (AvgIpc) is 3.30. The van der Waals surface area contributed by atoms with Crippen molar-refractivity contribution in [2.24, 2.45) is 0 Å². The van der Waals surface area contributed by atoms with Crippen LogP contribution in [-0.2, 0) is 26.1 Å². The van der Waals surface area contributed by atoms with Crippen molar-refractivity contribution in [2.75, 3.05) is 19.9 Å². The fraction of sp³-hybridized carbons (Fsp3) is 0.417. The van der Waals surface area contributed by atoms with Crippen molar-refractivity contribution in [3.63, 3.8) is 0 Å². The molecule has 0 aliphatic carbocycles. The zero-order valence-electron chi connectivity index (χ0n) is 19.8. The normalized spacial score (nSPS) is 13.2. The van der Waals surface area contributed by atoms with Gasteiger partial charge in [-0.25, -0.2) is 17.9 Å². The van der Waals surface area contributed by atoms with E-state index in [1.807, 2.05) is 25.1 Å². The minimum Gasteiger partial charge on any atom is -0.464 e. The summed E-state index contributed by atoms with van der Waals surface area (Å²) in [4.78, 5) is 12.6. The number of carbonyl (C=O) groups is 1. The molecule has 0 saturated carbocycles. The number of hydrogen-bond acceptors (Lipinski definition) is 7. The van der Waals surface area contributed by atoms with Gasteiger partial charge in [0, 0.05) is 13.1 Å². The van der Waals surface area contributed by atoms with E-state index in [0.717, 1.165) is 11.1 Å². The zero-order chi connectivity index (χ0) is 25.3. The highest BCUT2D eigenvalue weighted by Crippen LogP contribution is 2.32. The van der Waals surface area contributed by atoms with Crippen LogP contribution in [0, 0.1) is 6.92 Å². The van der Waals surface area contributed by atoms with Gasteiger partial charge in [0.1, 0.15) is 6.04 Å². The first-order valence-corrected chi connectivity index (χ1v) is 13.3. The third-order valence-electron chi connectivity index (χ3n) is 5.31. The molecule has 3 rings (SSSR count). The monoisotopic (exact) mass is 521 g/mol. The van der Waals surface area contributed by atoms with E-state index in [1.165, 1.54) is 0 Å². The predicted octanol–water partition coefficient (Wildman–Crippen LogP) is 2.77. The molecule has 1 aliphatic rings. The van der Waals surface area contributed by atoms with Gasteiger partial charge in [-0.15, -0.1) is 0 Å². The van der Waals surface area contributed by atoms with E-state index in [-0.39, 0.29) is 24.8 Å². The number of nitrogens with one attached hydrogen (secondary N) is 3. The fourth-order valence-corrected chi connectivity index (χ4v) is 4.70. The van der Waals surface area contributed by atoms with E-state index < -0.39 is 22.0 Å². The van der Waals surface area contributed by atoms with Gasteiger partial charge in [-0.1, -0.05) is 23.8 Å². The van der Waals surface area contributed by atoms with Crippen molar-refractivity contribution in [1.29, 1.82) is 0 Å². The van der Waals surface area contributed by atoms with Gasteiger partial charge in [0.2, 0.25) is 16.8 Å². The Bertz CT molecular complexity index is 1120. The first-order chi connectivity index (χ1) is 16.8. The summed E-state index contributed by atoms with van der Waals surface area (Å²) in [5, 5.41) is 6.42. The number of carbonyl (C=O) groups excluding carboxylic acids is 1. The summed E-state index contributed by atoms with van der Waals surface area (Å²) in [5.74, 6) is 0.989. The molecule has 0 spiro atoms. The summed E-state index contributed by atoms with van der Waals surface area (Å²) < 4.78 is 43.2. The van der Waals surface area contributed by atoms with Crippen molar-refractivity contribution in [1.82, 2.24) is 15.4 Å². The summed E-state index contributed by atoms with van der Waals surface area (Å²) in [6.07, 6.45) is 1.59. The molecule has 3 N–H and O–H groups in total. The van der Waals surface area contributed by atoms with Crippen molar-refractivity contribution >= 4 is 33.3 Å². The topological polar surface area (TPSA) is 115 Å². The van der Waals surface area contributed by atoms with Crippen LogP contribution in [-0.4, -0.2) is 45.5 Å². The molecule has 1 aliphatic heterocycles. The van der Waals surface area contributed by atoms with Crippen LogP contribution in [0.15, 0.2) is 47.4 Å². The lowest BCUT2D eigenvalue weighted by atomic mass is 10.1. The van der Waals surface area contributed by atoms with Gasteiger partial charge in [-0.2, -0.15) is 0 Å². The van der Waals surface area contributed by atoms with Gasteiger partial charge in [0.15, 0.2) is 16.6 Å². The molecule has 1 atom stereocenters. The second-order valence-electron chi connectivity index (χ2n) is 8.03. The van der Waals surface area contributed by atoms with Crippen LogP contribution in [0.25, 0.3) is 0 Å². The Hall–Kier alpha value is -2.89. The molecular weight excluding hydrogens is 490 g/mol. The van der Waals surface area contributed by atoms with E-state index in [0.29, 0.717) is 42.4 Å². The molecule has 190 valence electrons. The lowest BCUT2D eigenvalue weighted by Gasteiger charge is -2.19. The molecule has 0 amide bonds. The molecule has 2 aromatic rings. The number of aryl methyl sites for hydroxylation is 1. The van der Waals surface area contributed by atoms with Gasteiger partial charge in [0.25, 0.3) is 0 Å². The number of fused-ring (bicyclic) bond motifs is 1. The quantitative estimate of drug-likeness (QED) is 0.220. The van der Waals surface area contributed by atoms with Gasteiger partial charge in [-0.05, 0) is 75.2 Å². The van der Waals surface area contributed by atoms with Crippen molar-refractivity contribution < 1.29 is 27.4 Å². The summed E-state index contributed by atoms with van der Waals surface area (Å²) in [6, 6.07) is 11.7. The fourth-order valence-electron chi connectivity index (χ4n) is 3.42. The molecule has 0 aromatic heterocycles. The third-order valence-corrected chi connectivity index (χ3v) is 7.05. The Morgan fingerprint density at radius 2 is 1.86 bits per heavy atom. The molecular formula is C24H31N3O6S2. The first kappa shape index (κ1) is 26.7. The second-order valence-corrected chi connectivity index (χ2v) is 10.2. The number of rotatable bonds is 12. The van der Waals surface area contributed by atoms with E-state index in [9.17, 15) is 13.2 Å². The molecule has 9 nitrogen and oxygen atoms in total. The highest BCUT2D eigenvalue weighted by atomic mass is 32.2. The van der Waals surface area contributed by atoms with E-state index in [1.54, 1.807) is 31.2 Å². The molecule has 2 aromatic carbocycles. The largest absolute Gasteiger partial charge is 0.464 e.